The molecule has 8 heteroatoms. The van der Waals surface area contributed by atoms with Gasteiger partial charge in [-0.25, -0.2) is 8.42 Å². The zero-order chi connectivity index (χ0) is 20.3. The van der Waals surface area contributed by atoms with Gasteiger partial charge in [0.1, 0.15) is 0 Å². The van der Waals surface area contributed by atoms with Crippen LogP contribution in [0.2, 0.25) is 0 Å². The van der Waals surface area contributed by atoms with Crippen LogP contribution in [0.15, 0.2) is 24.3 Å². The molecule has 0 bridgehead atoms. The van der Waals surface area contributed by atoms with E-state index in [1.54, 1.807) is 24.3 Å². The van der Waals surface area contributed by atoms with Crippen LogP contribution in [-0.4, -0.2) is 82.2 Å². The molecule has 0 saturated carbocycles. The van der Waals surface area contributed by atoms with Crippen molar-refractivity contribution in [3.63, 3.8) is 0 Å². The second-order valence-corrected chi connectivity index (χ2v) is 10.2. The number of carbonyl (C=O) groups is 1. The van der Waals surface area contributed by atoms with Gasteiger partial charge in [0.15, 0.2) is 0 Å². The summed E-state index contributed by atoms with van der Waals surface area (Å²) < 4.78 is 25.5. The van der Waals surface area contributed by atoms with Gasteiger partial charge in [0.2, 0.25) is 10.0 Å². The number of anilines is 1. The Morgan fingerprint density at radius 2 is 1.71 bits per heavy atom. The molecule has 1 atom stereocenters. The Hall–Kier alpha value is -1.64. The third kappa shape index (κ3) is 4.85. The molecular weight excluding hydrogens is 376 g/mol. The first-order chi connectivity index (χ1) is 13.3. The van der Waals surface area contributed by atoms with Crippen LogP contribution in [0.4, 0.5) is 5.69 Å². The summed E-state index contributed by atoms with van der Waals surface area (Å²) in [5.41, 5.74) is 1.19. The third-order valence-electron chi connectivity index (χ3n) is 5.76. The van der Waals surface area contributed by atoms with E-state index in [0.29, 0.717) is 42.7 Å². The molecule has 1 N–H and O–H groups in total. The summed E-state index contributed by atoms with van der Waals surface area (Å²) in [6.07, 6.45) is 0.646. The van der Waals surface area contributed by atoms with E-state index in [9.17, 15) is 13.2 Å². The Bertz CT molecular complexity index is 771. The summed E-state index contributed by atoms with van der Waals surface area (Å²) in [7, 11) is -1.06. The minimum Gasteiger partial charge on any atom is -0.350 e. The number of carbonyl (C=O) groups excluding carboxylic acids is 1. The highest BCUT2D eigenvalue weighted by molar-refractivity contribution is 7.93. The fourth-order valence-corrected chi connectivity index (χ4v) is 5.51. The van der Waals surface area contributed by atoms with Gasteiger partial charge in [0.05, 0.1) is 11.4 Å². The molecule has 1 amide bonds. The zero-order valence-corrected chi connectivity index (χ0v) is 17.9. The van der Waals surface area contributed by atoms with Crippen molar-refractivity contribution < 1.29 is 13.2 Å². The molecule has 1 unspecified atom stereocenters. The van der Waals surface area contributed by atoms with E-state index in [1.165, 1.54) is 4.31 Å². The standard InChI is InChI=1S/C20H32N4O3S/c1-16(2)19(23-12-10-22(3)11-13-23)15-21-20(25)17-5-7-18(8-6-17)24-9-4-14-28(24,26)27/h5-8,16,19H,4,9-15H2,1-3H3,(H,21,25). The minimum absolute atomic E-state index is 0.115. The number of hydrogen-bond donors (Lipinski definition) is 1. The number of nitrogens with zero attached hydrogens (tertiary/aromatic N) is 3. The molecule has 156 valence electrons. The predicted molar refractivity (Wildman–Crippen MR) is 112 cm³/mol. The van der Waals surface area contributed by atoms with Crippen molar-refractivity contribution in [2.24, 2.45) is 5.92 Å². The van der Waals surface area contributed by atoms with Gasteiger partial charge in [-0.05, 0) is 43.7 Å². The van der Waals surface area contributed by atoms with Gasteiger partial charge in [0.25, 0.3) is 5.91 Å². The lowest BCUT2D eigenvalue weighted by molar-refractivity contribution is 0.0791. The molecule has 1 aromatic carbocycles. The van der Waals surface area contributed by atoms with Gasteiger partial charge in [-0.1, -0.05) is 13.8 Å². The van der Waals surface area contributed by atoms with Crippen LogP contribution >= 0.6 is 0 Å². The maximum atomic E-state index is 12.6. The fourth-order valence-electron chi connectivity index (χ4n) is 3.95. The summed E-state index contributed by atoms with van der Waals surface area (Å²) >= 11 is 0. The molecule has 28 heavy (non-hydrogen) atoms. The van der Waals surface area contributed by atoms with E-state index >= 15 is 0 Å². The summed E-state index contributed by atoms with van der Waals surface area (Å²) in [5.74, 6) is 0.528. The number of piperazine rings is 1. The molecule has 0 spiro atoms. The van der Waals surface area contributed by atoms with Crippen molar-refractivity contribution in [3.05, 3.63) is 29.8 Å². The molecule has 2 heterocycles. The molecule has 2 aliphatic heterocycles. The maximum absolute atomic E-state index is 12.6. The number of sulfonamides is 1. The Balaban J connectivity index is 1.59. The topological polar surface area (TPSA) is 73.0 Å². The van der Waals surface area contributed by atoms with Crippen molar-refractivity contribution in [1.29, 1.82) is 0 Å². The number of hydrogen-bond acceptors (Lipinski definition) is 5. The quantitative estimate of drug-likeness (QED) is 0.766. The molecule has 3 rings (SSSR count). The summed E-state index contributed by atoms with van der Waals surface area (Å²) in [5, 5.41) is 3.07. The molecule has 2 fully saturated rings. The summed E-state index contributed by atoms with van der Waals surface area (Å²) in [4.78, 5) is 17.4. The molecule has 1 aromatic rings. The highest BCUT2D eigenvalue weighted by Crippen LogP contribution is 2.24. The molecular formula is C20H32N4O3S. The highest BCUT2D eigenvalue weighted by atomic mass is 32.2. The first-order valence-electron chi connectivity index (χ1n) is 10.1. The molecule has 0 aliphatic carbocycles. The number of amides is 1. The van der Waals surface area contributed by atoms with Gasteiger partial charge >= 0.3 is 0 Å². The predicted octanol–water partition coefficient (Wildman–Crippen LogP) is 1.23. The van der Waals surface area contributed by atoms with Gasteiger partial charge < -0.3 is 10.2 Å². The zero-order valence-electron chi connectivity index (χ0n) is 17.1. The van der Waals surface area contributed by atoms with Crippen molar-refractivity contribution in [2.75, 3.05) is 56.4 Å². The number of likely N-dealkylation sites (N-methyl/N-ethyl adjacent to an activating group) is 1. The van der Waals surface area contributed by atoms with Crippen LogP contribution in [0.3, 0.4) is 0 Å². The van der Waals surface area contributed by atoms with Crippen LogP contribution in [0, 0.1) is 5.92 Å². The normalized spacial score (nSPS) is 21.8. The molecule has 0 radical (unpaired) electrons. The van der Waals surface area contributed by atoms with Crippen molar-refractivity contribution >= 4 is 21.6 Å². The van der Waals surface area contributed by atoms with E-state index in [2.05, 4.69) is 36.0 Å². The number of benzene rings is 1. The van der Waals surface area contributed by atoms with Gasteiger partial charge in [0, 0.05) is 50.9 Å². The Morgan fingerprint density at radius 1 is 1.07 bits per heavy atom. The van der Waals surface area contributed by atoms with Crippen molar-refractivity contribution in [2.45, 2.75) is 26.3 Å². The van der Waals surface area contributed by atoms with Crippen molar-refractivity contribution in [1.82, 2.24) is 15.1 Å². The second kappa shape index (κ2) is 8.80. The summed E-state index contributed by atoms with van der Waals surface area (Å²) in [6.45, 7) is 9.66. The van der Waals surface area contributed by atoms with E-state index in [0.717, 1.165) is 26.2 Å². The smallest absolute Gasteiger partial charge is 0.251 e. The fraction of sp³-hybridized carbons (Fsp3) is 0.650. The van der Waals surface area contributed by atoms with Gasteiger partial charge in [-0.15, -0.1) is 0 Å². The lowest BCUT2D eigenvalue weighted by Gasteiger charge is -2.39. The lowest BCUT2D eigenvalue weighted by atomic mass is 10.0. The van der Waals surface area contributed by atoms with Crippen LogP contribution in [0.5, 0.6) is 0 Å². The molecule has 2 saturated heterocycles. The first kappa shape index (κ1) is 21.1. The largest absolute Gasteiger partial charge is 0.350 e. The van der Waals surface area contributed by atoms with E-state index < -0.39 is 10.0 Å². The van der Waals surface area contributed by atoms with E-state index in [1.807, 2.05) is 0 Å². The Morgan fingerprint density at radius 3 is 2.25 bits per heavy atom. The number of nitrogens with one attached hydrogen (secondary N) is 1. The SMILES string of the molecule is CC(C)C(CNC(=O)c1ccc(N2CCCS2(=O)=O)cc1)N1CCN(C)CC1. The minimum atomic E-state index is -3.20. The van der Waals surface area contributed by atoms with Crippen LogP contribution in [-0.2, 0) is 10.0 Å². The van der Waals surface area contributed by atoms with Crippen LogP contribution < -0.4 is 9.62 Å². The van der Waals surface area contributed by atoms with Crippen molar-refractivity contribution in [3.8, 4) is 0 Å². The molecule has 7 nitrogen and oxygen atoms in total. The molecule has 0 aromatic heterocycles. The third-order valence-corrected chi connectivity index (χ3v) is 7.63. The summed E-state index contributed by atoms with van der Waals surface area (Å²) in [6, 6.07) is 7.17. The monoisotopic (exact) mass is 408 g/mol. The highest BCUT2D eigenvalue weighted by Gasteiger charge is 2.28. The lowest BCUT2D eigenvalue weighted by Crippen LogP contribution is -2.54. The van der Waals surface area contributed by atoms with Gasteiger partial charge in [-0.2, -0.15) is 0 Å². The van der Waals surface area contributed by atoms with Crippen LogP contribution in [0.25, 0.3) is 0 Å². The first-order valence-corrected chi connectivity index (χ1v) is 11.7. The average molecular weight is 409 g/mol. The maximum Gasteiger partial charge on any atom is 0.251 e. The Labute approximate surface area is 168 Å². The number of rotatable bonds is 6. The van der Waals surface area contributed by atoms with Crippen LogP contribution in [0.1, 0.15) is 30.6 Å². The van der Waals surface area contributed by atoms with E-state index in [-0.39, 0.29) is 11.7 Å². The Kier molecular flexibility index (Phi) is 6.62. The van der Waals surface area contributed by atoms with E-state index in [4.69, 9.17) is 0 Å². The second-order valence-electron chi connectivity index (χ2n) is 8.15. The molecule has 2 aliphatic rings. The average Bonchev–Trinajstić information content (AvgIpc) is 3.02. The van der Waals surface area contributed by atoms with Gasteiger partial charge in [-0.3, -0.25) is 14.0 Å².